The van der Waals surface area contributed by atoms with Crippen molar-refractivity contribution in [3.05, 3.63) is 30.9 Å². The lowest BCUT2D eigenvalue weighted by atomic mass is 10.1. The predicted octanol–water partition coefficient (Wildman–Crippen LogP) is 0.965. The maximum atomic E-state index is 12.6. The average molecular weight is 450 g/mol. The number of rotatable bonds is 16. The molecule has 0 radical (unpaired) electrons. The Morgan fingerprint density at radius 2 is 1.62 bits per heavy atom. The highest BCUT2D eigenvalue weighted by Gasteiger charge is 2.33. The molecule has 0 aliphatic rings. The monoisotopic (exact) mass is 449 g/mol. The van der Waals surface area contributed by atoms with Gasteiger partial charge in [0, 0.05) is 20.5 Å². The van der Waals surface area contributed by atoms with Crippen LogP contribution in [0.15, 0.2) is 25.0 Å². The molecule has 0 spiro atoms. The second-order valence-corrected chi connectivity index (χ2v) is 9.68. The van der Waals surface area contributed by atoms with Gasteiger partial charge in [-0.1, -0.05) is 64.4 Å². The van der Waals surface area contributed by atoms with E-state index in [0.717, 1.165) is 17.1 Å². The molecule has 0 aliphatic heterocycles. The number of aromatic nitrogens is 2. The summed E-state index contributed by atoms with van der Waals surface area (Å²) < 4.78 is 29.3. The van der Waals surface area contributed by atoms with E-state index in [1.165, 1.54) is 75.6 Å². The minimum atomic E-state index is -3.67. The quantitative estimate of drug-likeness (QED) is 0.232. The third-order valence-corrected chi connectivity index (χ3v) is 6.78. The number of nitrogens with zero attached hydrogens (tertiary/aromatic N) is 3. The first-order valence-corrected chi connectivity index (χ1v) is 12.1. The Bertz CT molecular complexity index is 675. The van der Waals surface area contributed by atoms with Crippen LogP contribution in [-0.4, -0.2) is 35.9 Å². The number of aryl methyl sites for hydroxylation is 1. The van der Waals surface area contributed by atoms with Crippen molar-refractivity contribution < 1.29 is 30.5 Å². The van der Waals surface area contributed by atoms with E-state index in [9.17, 15) is 13.5 Å². The van der Waals surface area contributed by atoms with E-state index in [0.29, 0.717) is 18.8 Å². The highest BCUT2D eigenvalue weighted by molar-refractivity contribution is 7.87. The van der Waals surface area contributed by atoms with E-state index >= 15 is 0 Å². The van der Waals surface area contributed by atoms with Crippen LogP contribution in [-0.2, 0) is 16.8 Å². The maximum Gasteiger partial charge on any atom is 0.379 e. The summed E-state index contributed by atoms with van der Waals surface area (Å²) in [6.07, 6.45) is 16.8. The molecule has 0 saturated heterocycles. The summed E-state index contributed by atoms with van der Waals surface area (Å²) in [7, 11) is -0.684. The zero-order valence-corrected chi connectivity index (χ0v) is 20.0. The smallest absolute Gasteiger partial charge is 0.379 e. The molecule has 1 N–H and O–H groups in total. The molecule has 1 atom stereocenters. The SMILES string of the molecule is C=CCC(O)c1n(S(=O)(=O)N(C)C)cc[n+]1CCCCCCCCCCCC.[Cl-]. The molecule has 8 heteroatoms. The van der Waals surface area contributed by atoms with Gasteiger partial charge in [0.1, 0.15) is 12.4 Å². The van der Waals surface area contributed by atoms with Crippen molar-refractivity contribution in [2.75, 3.05) is 14.1 Å². The van der Waals surface area contributed by atoms with Gasteiger partial charge in [0.15, 0.2) is 6.10 Å². The molecule has 1 aromatic rings. The van der Waals surface area contributed by atoms with Crippen LogP contribution in [0.2, 0.25) is 0 Å². The maximum absolute atomic E-state index is 12.6. The fourth-order valence-corrected chi connectivity index (χ4v) is 4.37. The Hall–Kier alpha value is -0.890. The largest absolute Gasteiger partial charge is 1.00 e. The Morgan fingerprint density at radius 1 is 1.10 bits per heavy atom. The molecule has 1 aromatic heterocycles. The van der Waals surface area contributed by atoms with Crippen molar-refractivity contribution in [2.45, 2.75) is 90.2 Å². The van der Waals surface area contributed by atoms with Crippen molar-refractivity contribution >= 4 is 10.2 Å². The van der Waals surface area contributed by atoms with E-state index < -0.39 is 16.3 Å². The molecular weight excluding hydrogens is 410 g/mol. The van der Waals surface area contributed by atoms with Crippen LogP contribution in [0.4, 0.5) is 0 Å². The van der Waals surface area contributed by atoms with Gasteiger partial charge in [-0.3, -0.25) is 0 Å². The summed E-state index contributed by atoms with van der Waals surface area (Å²) in [4.78, 5) is 0. The van der Waals surface area contributed by atoms with Gasteiger partial charge in [0.2, 0.25) is 0 Å². The minimum Gasteiger partial charge on any atom is -1.00 e. The van der Waals surface area contributed by atoms with E-state index in [1.807, 2.05) is 4.57 Å². The van der Waals surface area contributed by atoms with Crippen molar-refractivity contribution in [3.8, 4) is 0 Å². The minimum absolute atomic E-state index is 0. The molecule has 29 heavy (non-hydrogen) atoms. The second-order valence-electron chi connectivity index (χ2n) is 7.66. The lowest BCUT2D eigenvalue weighted by Crippen LogP contribution is -3.00. The molecule has 0 saturated carbocycles. The number of halogens is 1. The third kappa shape index (κ3) is 9.20. The predicted molar refractivity (Wildman–Crippen MR) is 114 cm³/mol. The van der Waals surface area contributed by atoms with Gasteiger partial charge in [-0.2, -0.15) is 12.7 Å². The van der Waals surface area contributed by atoms with E-state index in [-0.39, 0.29) is 12.4 Å². The molecule has 1 unspecified atom stereocenters. The highest BCUT2D eigenvalue weighted by Crippen LogP contribution is 2.17. The summed E-state index contributed by atoms with van der Waals surface area (Å²) in [5, 5.41) is 10.5. The van der Waals surface area contributed by atoms with Crippen LogP contribution in [0.1, 0.15) is 89.5 Å². The van der Waals surface area contributed by atoms with Crippen molar-refractivity contribution in [1.29, 1.82) is 0 Å². The van der Waals surface area contributed by atoms with Gasteiger partial charge in [0.05, 0.1) is 6.54 Å². The molecular formula is C21H40ClN3O3S. The summed E-state index contributed by atoms with van der Waals surface area (Å²) in [6.45, 7) is 6.60. The molecule has 0 aliphatic carbocycles. The first kappa shape index (κ1) is 28.1. The number of aliphatic hydroxyl groups is 1. The fraction of sp³-hybridized carbons (Fsp3) is 0.762. The Morgan fingerprint density at radius 3 is 2.10 bits per heavy atom. The molecule has 6 nitrogen and oxygen atoms in total. The molecule has 0 bridgehead atoms. The van der Waals surface area contributed by atoms with Crippen LogP contribution in [0.3, 0.4) is 0 Å². The normalized spacial score (nSPS) is 12.7. The van der Waals surface area contributed by atoms with E-state index in [4.69, 9.17) is 0 Å². The number of imidazole rings is 1. The zero-order chi connectivity index (χ0) is 21.0. The van der Waals surface area contributed by atoms with E-state index in [1.54, 1.807) is 12.3 Å². The Kier molecular flexibility index (Phi) is 14.5. The summed E-state index contributed by atoms with van der Waals surface area (Å²) >= 11 is 0. The molecule has 1 heterocycles. The molecule has 0 amide bonds. The number of hydrogen-bond donors (Lipinski definition) is 1. The number of hydrogen-bond acceptors (Lipinski definition) is 3. The summed E-state index contributed by atoms with van der Waals surface area (Å²) in [5.41, 5.74) is 0. The fourth-order valence-electron chi connectivity index (χ4n) is 3.35. The topological polar surface area (TPSA) is 66.4 Å². The van der Waals surface area contributed by atoms with E-state index in [2.05, 4.69) is 13.5 Å². The van der Waals surface area contributed by atoms with Gasteiger partial charge < -0.3 is 17.5 Å². The molecule has 170 valence electrons. The van der Waals surface area contributed by atoms with Crippen molar-refractivity contribution in [2.24, 2.45) is 0 Å². The van der Waals surface area contributed by atoms with Crippen LogP contribution < -0.4 is 17.0 Å². The third-order valence-electron chi connectivity index (χ3n) is 5.05. The van der Waals surface area contributed by atoms with Crippen LogP contribution in [0.5, 0.6) is 0 Å². The molecule has 0 fully saturated rings. The van der Waals surface area contributed by atoms with Gasteiger partial charge in [-0.25, -0.2) is 4.57 Å². The lowest BCUT2D eigenvalue weighted by Gasteiger charge is -2.12. The number of unbranched alkanes of at least 4 members (excludes halogenated alkanes) is 9. The zero-order valence-electron chi connectivity index (χ0n) is 18.4. The second kappa shape index (κ2) is 15.0. The number of aliphatic hydroxyl groups excluding tert-OH is 1. The Labute approximate surface area is 184 Å². The van der Waals surface area contributed by atoms with Crippen LogP contribution in [0, 0.1) is 0 Å². The summed E-state index contributed by atoms with van der Waals surface area (Å²) in [5.74, 6) is 0.393. The van der Waals surface area contributed by atoms with Gasteiger partial charge in [0.25, 0.3) is 0 Å². The van der Waals surface area contributed by atoms with Crippen LogP contribution >= 0.6 is 0 Å². The lowest BCUT2D eigenvalue weighted by molar-refractivity contribution is -0.707. The Balaban J connectivity index is 0.00000784. The average Bonchev–Trinajstić information content (AvgIpc) is 3.08. The van der Waals surface area contributed by atoms with Gasteiger partial charge in [-0.05, 0) is 12.8 Å². The highest BCUT2D eigenvalue weighted by atomic mass is 35.5. The van der Waals surface area contributed by atoms with Crippen LogP contribution in [0.25, 0.3) is 0 Å². The standard InChI is InChI=1S/C21H40N3O3S.ClH/c1-5-7-8-9-10-11-12-13-14-15-17-23-18-19-24(28(26,27)22(3)4)21(23)20(25)16-6-2;/h6,18-20,25H,2,5,7-17H2,1,3-4H3;1H/q+1;/p-1. The van der Waals surface area contributed by atoms with Crippen molar-refractivity contribution in [1.82, 2.24) is 8.28 Å². The first-order valence-electron chi connectivity index (χ1n) is 10.7. The molecule has 1 rings (SSSR count). The van der Waals surface area contributed by atoms with Crippen molar-refractivity contribution in [3.63, 3.8) is 0 Å². The summed E-state index contributed by atoms with van der Waals surface area (Å²) in [6, 6.07) is 0. The van der Waals surface area contributed by atoms with Gasteiger partial charge >= 0.3 is 16.0 Å². The first-order chi connectivity index (χ1) is 13.4. The molecule has 0 aromatic carbocycles. The van der Waals surface area contributed by atoms with Gasteiger partial charge in [-0.15, -0.1) is 10.6 Å².